The van der Waals surface area contributed by atoms with Gasteiger partial charge in [-0.15, -0.1) is 0 Å². The van der Waals surface area contributed by atoms with Crippen molar-refractivity contribution in [1.82, 2.24) is 19.3 Å². The van der Waals surface area contributed by atoms with Gasteiger partial charge in [-0.25, -0.2) is 14.5 Å². The number of rotatable bonds is 17. The van der Waals surface area contributed by atoms with Gasteiger partial charge in [-0.2, -0.15) is 5.10 Å². The number of aryl methyl sites for hydroxylation is 2. The summed E-state index contributed by atoms with van der Waals surface area (Å²) in [7, 11) is -0.621. The van der Waals surface area contributed by atoms with Crippen molar-refractivity contribution in [2.24, 2.45) is 5.73 Å². The van der Waals surface area contributed by atoms with Crippen LogP contribution >= 0.6 is 0 Å². The lowest BCUT2D eigenvalue weighted by Gasteiger charge is -2.36. The normalized spacial score (nSPS) is 12.0. The summed E-state index contributed by atoms with van der Waals surface area (Å²) in [4.78, 5) is 40.5. The molecular weight excluding hydrogens is 673 g/mol. The first-order valence-corrected chi connectivity index (χ1v) is 19.6. The highest BCUT2D eigenvalue weighted by molar-refractivity contribution is 6.74. The van der Waals surface area contributed by atoms with E-state index < -0.39 is 25.1 Å². The van der Waals surface area contributed by atoms with E-state index in [1.54, 1.807) is 18.2 Å². The lowest BCUT2D eigenvalue weighted by atomic mass is 10.1. The molecule has 15 nitrogen and oxygen atoms in total. The second kappa shape index (κ2) is 16.2. The minimum Gasteiger partial charge on any atom is -0.491 e. The fraction of sp³-hybridized carbons (Fsp3) is 0.429. The van der Waals surface area contributed by atoms with Crippen LogP contribution in [0.1, 0.15) is 60.5 Å². The highest BCUT2D eigenvalue weighted by Crippen LogP contribution is 2.38. The van der Waals surface area contributed by atoms with Crippen molar-refractivity contribution in [2.45, 2.75) is 72.3 Å². The average molecular weight is 721 g/mol. The molecule has 0 saturated heterocycles. The first-order valence-electron chi connectivity index (χ1n) is 16.7. The molecule has 274 valence electrons. The number of carbonyl (C=O) groups is 2. The number of benzene rings is 2. The topological polar surface area (TPSA) is 191 Å². The van der Waals surface area contributed by atoms with E-state index in [4.69, 9.17) is 24.6 Å². The fourth-order valence-corrected chi connectivity index (χ4v) is 6.13. The van der Waals surface area contributed by atoms with Gasteiger partial charge < -0.3 is 34.8 Å². The van der Waals surface area contributed by atoms with Crippen LogP contribution in [0, 0.1) is 17.0 Å². The van der Waals surface area contributed by atoms with Crippen LogP contribution in [-0.2, 0) is 22.3 Å². The molecule has 0 atom stereocenters. The molecule has 4 rings (SSSR count). The van der Waals surface area contributed by atoms with E-state index in [2.05, 4.69) is 49.6 Å². The van der Waals surface area contributed by atoms with Gasteiger partial charge >= 0.3 is 5.97 Å². The SMILES string of the molecule is CCn1nc(C)cc1Nc1nc2cc(C(=O)OC)ccc2n1C/C=C/CNc1c(OCCCO[Si](C)(C)C(C)(C)C)cc(C(N)=O)cc1[N+](=O)[O-]. The summed E-state index contributed by atoms with van der Waals surface area (Å²) in [5.74, 6) is 0.173. The molecular formula is C35H48N8O7Si. The molecule has 1 amide bonds. The Balaban J connectivity index is 1.54. The minimum atomic E-state index is -1.95. The fourth-order valence-electron chi connectivity index (χ4n) is 5.04. The van der Waals surface area contributed by atoms with Gasteiger partial charge in [-0.05, 0) is 56.2 Å². The number of ether oxygens (including phenoxy) is 2. The smallest absolute Gasteiger partial charge is 0.337 e. The van der Waals surface area contributed by atoms with E-state index >= 15 is 0 Å². The number of nitro benzene ring substituents is 1. The summed E-state index contributed by atoms with van der Waals surface area (Å²) in [6, 6.07) is 9.63. The summed E-state index contributed by atoms with van der Waals surface area (Å²) >= 11 is 0. The lowest BCUT2D eigenvalue weighted by molar-refractivity contribution is -0.384. The molecule has 0 unspecified atom stereocenters. The summed E-state index contributed by atoms with van der Waals surface area (Å²) in [5, 5.41) is 23.1. The molecule has 0 aliphatic carbocycles. The van der Waals surface area contributed by atoms with Crippen molar-refractivity contribution in [3.63, 3.8) is 0 Å². The van der Waals surface area contributed by atoms with Gasteiger partial charge in [0, 0.05) is 50.4 Å². The Morgan fingerprint density at radius 3 is 2.49 bits per heavy atom. The number of esters is 1. The number of hydrogen-bond donors (Lipinski definition) is 3. The minimum absolute atomic E-state index is 0.0303. The molecule has 51 heavy (non-hydrogen) atoms. The molecule has 0 aliphatic rings. The highest BCUT2D eigenvalue weighted by Gasteiger charge is 2.36. The van der Waals surface area contributed by atoms with E-state index in [1.165, 1.54) is 13.2 Å². The summed E-state index contributed by atoms with van der Waals surface area (Å²) in [5.41, 5.74) is 7.86. The third-order valence-corrected chi connectivity index (χ3v) is 13.4. The number of methoxy groups -OCH3 is 1. The largest absolute Gasteiger partial charge is 0.491 e. The first kappa shape index (κ1) is 38.6. The van der Waals surface area contributed by atoms with E-state index in [1.807, 2.05) is 41.3 Å². The van der Waals surface area contributed by atoms with Crippen LogP contribution in [0.4, 0.5) is 23.1 Å². The maximum atomic E-state index is 12.2. The molecule has 2 aromatic carbocycles. The standard InChI is InChI=1S/C35H48N8O7Si/c1-9-42-30(19-23(2)40-42)39-34-38-26-20-24(33(45)48-6)13-14-27(26)41(34)16-11-10-15-37-31-28(43(46)47)21-25(32(36)44)22-29(31)49-17-12-18-50-51(7,8)35(3,4)5/h10-11,13-14,19-22,37H,9,12,15-18H2,1-8H3,(H2,36,44)(H,38,39)/b11-10+. The van der Waals surface area contributed by atoms with Gasteiger partial charge in [0.1, 0.15) is 11.6 Å². The number of allylic oxidation sites excluding steroid dienone is 1. The monoisotopic (exact) mass is 720 g/mol. The van der Waals surface area contributed by atoms with E-state index in [0.29, 0.717) is 43.1 Å². The zero-order valence-corrected chi connectivity index (χ0v) is 31.5. The Kier molecular flexibility index (Phi) is 12.3. The Morgan fingerprint density at radius 1 is 1.10 bits per heavy atom. The number of nitro groups is 1. The molecule has 2 heterocycles. The summed E-state index contributed by atoms with van der Waals surface area (Å²) < 4.78 is 20.9. The molecule has 2 aromatic heterocycles. The molecule has 4 N–H and O–H groups in total. The molecule has 0 saturated carbocycles. The number of amides is 1. The van der Waals surface area contributed by atoms with Crippen LogP contribution in [-0.4, -0.2) is 71.3 Å². The zero-order valence-electron chi connectivity index (χ0n) is 30.5. The van der Waals surface area contributed by atoms with Crippen LogP contribution in [0.3, 0.4) is 0 Å². The first-order chi connectivity index (χ1) is 24.1. The number of aromatic nitrogens is 4. The van der Waals surface area contributed by atoms with Crippen LogP contribution in [0.2, 0.25) is 18.1 Å². The Bertz CT molecular complexity index is 1930. The molecule has 0 spiro atoms. The van der Waals surface area contributed by atoms with Crippen LogP contribution < -0.4 is 21.1 Å². The maximum absolute atomic E-state index is 12.2. The molecule has 0 radical (unpaired) electrons. The number of primary amides is 1. The average Bonchev–Trinajstić information content (AvgIpc) is 3.61. The number of nitrogens with zero attached hydrogens (tertiary/aromatic N) is 5. The summed E-state index contributed by atoms with van der Waals surface area (Å²) in [6.45, 7) is 16.6. The number of imidazole rings is 1. The Morgan fingerprint density at radius 2 is 1.84 bits per heavy atom. The van der Waals surface area contributed by atoms with Crippen molar-refractivity contribution in [3.8, 4) is 5.75 Å². The van der Waals surface area contributed by atoms with E-state index in [-0.39, 0.29) is 40.9 Å². The Hall–Kier alpha value is -5.22. The molecule has 0 fully saturated rings. The predicted molar refractivity (Wildman–Crippen MR) is 199 cm³/mol. The number of carbonyl (C=O) groups excluding carboxylic acids is 2. The highest BCUT2D eigenvalue weighted by atomic mass is 28.4. The number of anilines is 3. The van der Waals surface area contributed by atoms with E-state index in [0.717, 1.165) is 23.1 Å². The quantitative estimate of drug-likeness (QED) is 0.0267. The maximum Gasteiger partial charge on any atom is 0.337 e. The van der Waals surface area contributed by atoms with Gasteiger partial charge in [-0.3, -0.25) is 14.9 Å². The van der Waals surface area contributed by atoms with Gasteiger partial charge in [0.05, 0.1) is 40.9 Å². The third kappa shape index (κ3) is 9.32. The number of nitrogens with one attached hydrogen (secondary N) is 2. The number of fused-ring (bicyclic) bond motifs is 1. The molecule has 16 heteroatoms. The zero-order chi connectivity index (χ0) is 37.5. The second-order valence-corrected chi connectivity index (χ2v) is 18.3. The van der Waals surface area contributed by atoms with Crippen molar-refractivity contribution >= 4 is 54.4 Å². The van der Waals surface area contributed by atoms with Gasteiger partial charge in [0.2, 0.25) is 11.9 Å². The third-order valence-electron chi connectivity index (χ3n) is 8.84. The second-order valence-electron chi connectivity index (χ2n) is 13.5. The van der Waals surface area contributed by atoms with Crippen LogP contribution in [0.5, 0.6) is 5.75 Å². The van der Waals surface area contributed by atoms with Gasteiger partial charge in [0.25, 0.3) is 5.69 Å². The van der Waals surface area contributed by atoms with Crippen molar-refractivity contribution in [3.05, 3.63) is 75.5 Å². The predicted octanol–water partition coefficient (Wildman–Crippen LogP) is 6.56. The van der Waals surface area contributed by atoms with E-state index in [9.17, 15) is 19.7 Å². The molecule has 0 aliphatic heterocycles. The molecule has 4 aromatic rings. The van der Waals surface area contributed by atoms with Crippen molar-refractivity contribution in [2.75, 3.05) is 37.5 Å². The van der Waals surface area contributed by atoms with Crippen molar-refractivity contribution in [1.29, 1.82) is 0 Å². The van der Waals surface area contributed by atoms with Gasteiger partial charge in [-0.1, -0.05) is 32.9 Å². The number of hydrogen-bond acceptors (Lipinski definition) is 11. The molecule has 0 bridgehead atoms. The van der Waals surface area contributed by atoms with Crippen LogP contribution in [0.15, 0.2) is 48.6 Å². The summed E-state index contributed by atoms with van der Waals surface area (Å²) in [6.07, 6.45) is 4.26. The Labute approximate surface area is 298 Å². The number of nitrogens with two attached hydrogens (primary N) is 1. The van der Waals surface area contributed by atoms with Crippen LogP contribution in [0.25, 0.3) is 11.0 Å². The van der Waals surface area contributed by atoms with Gasteiger partial charge in [0.15, 0.2) is 14.0 Å². The van der Waals surface area contributed by atoms with Crippen molar-refractivity contribution < 1.29 is 28.4 Å². The lowest BCUT2D eigenvalue weighted by Crippen LogP contribution is -2.41.